The molecule has 0 amide bonds. The lowest BCUT2D eigenvalue weighted by Crippen LogP contribution is -2.16. The second-order valence-corrected chi connectivity index (χ2v) is 3.73. The fourth-order valence-electron chi connectivity index (χ4n) is 1.50. The van der Waals surface area contributed by atoms with E-state index in [1.165, 1.54) is 0 Å². The van der Waals surface area contributed by atoms with Crippen molar-refractivity contribution >= 4 is 15.4 Å². The quantitative estimate of drug-likeness (QED) is 0.475. The van der Waals surface area contributed by atoms with Crippen LogP contribution in [-0.2, 0) is 4.79 Å². The largest absolute Gasteiger partial charge is 0.481 e. The van der Waals surface area contributed by atoms with Crippen LogP contribution in [0, 0.1) is 10.1 Å². The third-order valence-corrected chi connectivity index (χ3v) is 2.55. The monoisotopic (exact) mass is 257 g/mol. The Morgan fingerprint density at radius 3 is 2.47 bits per heavy atom. The average Bonchev–Trinajstić information content (AvgIpc) is 2.27. The molecule has 0 spiro atoms. The van der Waals surface area contributed by atoms with Crippen molar-refractivity contribution in [3.8, 4) is 5.75 Å². The molecule has 17 heavy (non-hydrogen) atoms. The van der Waals surface area contributed by atoms with Gasteiger partial charge in [-0.3, -0.25) is 14.9 Å². The topological polar surface area (TPSA) is 89.7 Å². The third-order valence-electron chi connectivity index (χ3n) is 2.28. The zero-order chi connectivity index (χ0) is 12.8. The fourth-order valence-corrected chi connectivity index (χ4v) is 1.65. The molecule has 0 aliphatic carbocycles. The van der Waals surface area contributed by atoms with Crippen LogP contribution in [0.5, 0.6) is 5.75 Å². The Kier molecular flexibility index (Phi) is 4.84. The molecule has 0 aliphatic rings. The summed E-state index contributed by atoms with van der Waals surface area (Å²) in [5.41, 5.74) is 0.620. The molecule has 6 nitrogen and oxygen atoms in total. The minimum atomic E-state index is -1.05. The molecule has 0 aromatic heterocycles. The number of carbonyl (C=O) groups is 1. The summed E-state index contributed by atoms with van der Waals surface area (Å²) in [6, 6.07) is 6.54. The van der Waals surface area contributed by atoms with Gasteiger partial charge >= 0.3 is 5.97 Å². The van der Waals surface area contributed by atoms with Crippen molar-refractivity contribution in [1.82, 2.24) is 0 Å². The van der Waals surface area contributed by atoms with E-state index in [4.69, 9.17) is 9.63 Å². The van der Waals surface area contributed by atoms with Crippen LogP contribution in [0.2, 0.25) is 0 Å². The maximum absolute atomic E-state index is 10.6. The van der Waals surface area contributed by atoms with Crippen molar-refractivity contribution in [1.29, 1.82) is 0 Å². The summed E-state index contributed by atoms with van der Waals surface area (Å²) in [6.07, 6.45) is -0.262. The van der Waals surface area contributed by atoms with Crippen LogP contribution in [0.15, 0.2) is 24.3 Å². The van der Waals surface area contributed by atoms with Crippen LogP contribution < -0.4 is 4.52 Å². The molecule has 2 atom stereocenters. The van der Waals surface area contributed by atoms with E-state index in [0.29, 0.717) is 11.3 Å². The Morgan fingerprint density at radius 2 is 2.06 bits per heavy atom. The van der Waals surface area contributed by atoms with Gasteiger partial charge in [-0.05, 0) is 17.7 Å². The van der Waals surface area contributed by atoms with Crippen LogP contribution >= 0.6 is 9.47 Å². The lowest BCUT2D eigenvalue weighted by atomic mass is 9.96. The molecular formula is C10H12NO5P. The molecule has 92 valence electrons. The van der Waals surface area contributed by atoms with Gasteiger partial charge < -0.3 is 9.63 Å². The number of nitrogens with zero attached hydrogens (tertiary/aromatic N) is 1. The van der Waals surface area contributed by atoms with Crippen molar-refractivity contribution in [3.05, 3.63) is 39.9 Å². The summed E-state index contributed by atoms with van der Waals surface area (Å²) in [6.45, 7) is -0.395. The Labute approximate surface area is 100 Å². The highest BCUT2D eigenvalue weighted by Crippen LogP contribution is 2.23. The van der Waals surface area contributed by atoms with Crippen molar-refractivity contribution in [3.63, 3.8) is 0 Å². The number of nitro groups is 1. The second kappa shape index (κ2) is 6.15. The molecule has 0 radical (unpaired) electrons. The predicted octanol–water partition coefficient (Wildman–Crippen LogP) is 1.69. The van der Waals surface area contributed by atoms with E-state index < -0.39 is 23.4 Å². The van der Waals surface area contributed by atoms with Gasteiger partial charge in [-0.25, -0.2) is 0 Å². The van der Waals surface area contributed by atoms with E-state index in [-0.39, 0.29) is 6.42 Å². The molecule has 0 aliphatic heterocycles. The minimum absolute atomic E-state index is 0.262. The van der Waals surface area contributed by atoms with Gasteiger partial charge in [0.1, 0.15) is 5.75 Å². The first-order chi connectivity index (χ1) is 8.02. The van der Waals surface area contributed by atoms with Crippen molar-refractivity contribution in [2.45, 2.75) is 12.3 Å². The maximum Gasteiger partial charge on any atom is 0.304 e. The second-order valence-electron chi connectivity index (χ2n) is 3.50. The van der Waals surface area contributed by atoms with Gasteiger partial charge in [0.05, 0.1) is 21.8 Å². The van der Waals surface area contributed by atoms with Crippen molar-refractivity contribution in [2.24, 2.45) is 0 Å². The summed E-state index contributed by atoms with van der Waals surface area (Å²) in [7, 11) is 2.08. The highest BCUT2D eigenvalue weighted by Gasteiger charge is 2.21. The molecule has 0 saturated heterocycles. The standard InChI is InChI=1S/C10H12NO5P/c12-10(13)5-8(6-11(14)15)7-1-3-9(16-17)4-2-7/h1-4,8H,5-6,17H2,(H,12,13). The highest BCUT2D eigenvalue weighted by molar-refractivity contribution is 7.10. The number of rotatable bonds is 6. The zero-order valence-electron chi connectivity index (χ0n) is 8.91. The number of carboxylic acids is 1. The molecule has 7 heteroatoms. The lowest BCUT2D eigenvalue weighted by molar-refractivity contribution is -0.483. The lowest BCUT2D eigenvalue weighted by Gasteiger charge is -2.11. The van der Waals surface area contributed by atoms with Crippen molar-refractivity contribution in [2.75, 3.05) is 6.54 Å². The molecule has 1 aromatic rings. The van der Waals surface area contributed by atoms with Crippen LogP contribution in [0.25, 0.3) is 0 Å². The van der Waals surface area contributed by atoms with Crippen LogP contribution in [0.1, 0.15) is 17.9 Å². The van der Waals surface area contributed by atoms with Gasteiger partial charge in [0.2, 0.25) is 6.54 Å². The molecular weight excluding hydrogens is 245 g/mol. The molecule has 1 rings (SSSR count). The highest BCUT2D eigenvalue weighted by atomic mass is 31.0. The molecule has 0 fully saturated rings. The number of aliphatic carboxylic acids is 1. The molecule has 0 saturated carbocycles. The van der Waals surface area contributed by atoms with E-state index in [0.717, 1.165) is 0 Å². The minimum Gasteiger partial charge on any atom is -0.481 e. The SMILES string of the molecule is O=C(O)CC(C[N+](=O)[O-])c1ccc(OP)cc1. The predicted molar refractivity (Wildman–Crippen MR) is 63.6 cm³/mol. The molecule has 1 aromatic carbocycles. The van der Waals surface area contributed by atoms with E-state index >= 15 is 0 Å². The third kappa shape index (κ3) is 4.36. The smallest absolute Gasteiger partial charge is 0.304 e. The van der Waals surface area contributed by atoms with E-state index in [9.17, 15) is 14.9 Å². The molecule has 0 bridgehead atoms. The number of hydrogen-bond donors (Lipinski definition) is 1. The first kappa shape index (κ1) is 13.4. The van der Waals surface area contributed by atoms with E-state index in [2.05, 4.69) is 9.47 Å². The molecule has 0 heterocycles. The number of hydrogen-bond acceptors (Lipinski definition) is 4. The van der Waals surface area contributed by atoms with Crippen LogP contribution in [0.3, 0.4) is 0 Å². The summed E-state index contributed by atoms with van der Waals surface area (Å²) in [5, 5.41) is 19.2. The summed E-state index contributed by atoms with van der Waals surface area (Å²) in [5.74, 6) is -1.08. The first-order valence-electron chi connectivity index (χ1n) is 4.83. The van der Waals surface area contributed by atoms with Gasteiger partial charge in [-0.2, -0.15) is 0 Å². The Balaban J connectivity index is 2.86. The summed E-state index contributed by atoms with van der Waals surface area (Å²) >= 11 is 0. The van der Waals surface area contributed by atoms with E-state index in [1.54, 1.807) is 24.3 Å². The van der Waals surface area contributed by atoms with Crippen molar-refractivity contribution < 1.29 is 19.3 Å². The van der Waals surface area contributed by atoms with Crippen LogP contribution in [0.4, 0.5) is 0 Å². The molecule has 1 N–H and O–H groups in total. The average molecular weight is 257 g/mol. The number of carboxylic acid groups (broad SMARTS) is 1. The Hall–Kier alpha value is -1.68. The Morgan fingerprint density at radius 1 is 1.47 bits per heavy atom. The summed E-state index contributed by atoms with van der Waals surface area (Å²) < 4.78 is 4.88. The van der Waals surface area contributed by atoms with Gasteiger partial charge in [0.15, 0.2) is 0 Å². The zero-order valence-corrected chi connectivity index (χ0v) is 10.1. The van der Waals surface area contributed by atoms with E-state index in [1.807, 2.05) is 0 Å². The normalized spacial score (nSPS) is 11.8. The number of benzene rings is 1. The van der Waals surface area contributed by atoms with Crippen LogP contribution in [-0.4, -0.2) is 22.5 Å². The van der Waals surface area contributed by atoms with Gasteiger partial charge in [0.25, 0.3) is 0 Å². The summed E-state index contributed by atoms with van der Waals surface area (Å²) in [4.78, 5) is 20.6. The molecule has 2 unspecified atom stereocenters. The maximum atomic E-state index is 10.6. The van der Waals surface area contributed by atoms with Gasteiger partial charge in [0, 0.05) is 4.92 Å². The van der Waals surface area contributed by atoms with Gasteiger partial charge in [-0.15, -0.1) is 0 Å². The Bertz CT molecular complexity index is 390. The van der Waals surface area contributed by atoms with Gasteiger partial charge in [-0.1, -0.05) is 12.1 Å². The first-order valence-corrected chi connectivity index (χ1v) is 5.30. The fraction of sp³-hybridized carbons (Fsp3) is 0.300.